The Bertz CT molecular complexity index is 702. The number of hydrogen-bond donors (Lipinski definition) is 1. The third kappa shape index (κ3) is 2.91. The summed E-state index contributed by atoms with van der Waals surface area (Å²) in [4.78, 5) is 13.6. The second-order valence-corrected chi connectivity index (χ2v) is 9.96. The Kier molecular flexibility index (Phi) is 4.67. The van der Waals surface area contributed by atoms with Gasteiger partial charge in [-0.3, -0.25) is 4.99 Å². The Morgan fingerprint density at radius 3 is 2.93 bits per heavy atom. The van der Waals surface area contributed by atoms with Crippen LogP contribution in [0.4, 0.5) is 0 Å². The molecule has 3 aliphatic carbocycles. The van der Waals surface area contributed by atoms with Crippen molar-refractivity contribution in [1.82, 2.24) is 15.2 Å². The van der Waals surface area contributed by atoms with Crippen molar-refractivity contribution < 1.29 is 4.74 Å². The summed E-state index contributed by atoms with van der Waals surface area (Å²) in [6.45, 7) is 4.73. The Morgan fingerprint density at radius 1 is 1.33 bits per heavy atom. The van der Waals surface area contributed by atoms with Crippen LogP contribution in [0.5, 0.6) is 0 Å². The molecule has 0 radical (unpaired) electrons. The number of aliphatic imine (C=N–C) groups is 1. The van der Waals surface area contributed by atoms with Crippen LogP contribution in [0, 0.1) is 11.3 Å². The lowest BCUT2D eigenvalue weighted by molar-refractivity contribution is -0.171. The van der Waals surface area contributed by atoms with E-state index in [9.17, 15) is 0 Å². The van der Waals surface area contributed by atoms with Gasteiger partial charge >= 0.3 is 0 Å². The summed E-state index contributed by atoms with van der Waals surface area (Å²) in [5.74, 6) is 1.72. The average Bonchev–Trinajstić information content (AvgIpc) is 3.21. The zero-order valence-electron chi connectivity index (χ0n) is 16.7. The van der Waals surface area contributed by atoms with Gasteiger partial charge < -0.3 is 15.0 Å². The average molecular weight is 389 g/mol. The van der Waals surface area contributed by atoms with Gasteiger partial charge in [0.25, 0.3) is 0 Å². The molecular weight excluding hydrogens is 356 g/mol. The van der Waals surface area contributed by atoms with Crippen LogP contribution in [0.1, 0.15) is 61.0 Å². The van der Waals surface area contributed by atoms with E-state index in [0.29, 0.717) is 23.5 Å². The molecule has 3 fully saturated rings. The van der Waals surface area contributed by atoms with Crippen molar-refractivity contribution in [3.8, 4) is 0 Å². The van der Waals surface area contributed by atoms with Crippen molar-refractivity contribution in [2.24, 2.45) is 16.3 Å². The molecule has 27 heavy (non-hydrogen) atoms. The maximum absolute atomic E-state index is 6.08. The van der Waals surface area contributed by atoms with Crippen molar-refractivity contribution in [2.45, 2.75) is 77.0 Å². The molecule has 2 saturated carbocycles. The molecule has 3 atom stereocenters. The number of guanidine groups is 1. The van der Waals surface area contributed by atoms with E-state index in [1.54, 1.807) is 0 Å². The molecule has 1 aliphatic heterocycles. The monoisotopic (exact) mass is 388 g/mol. The molecule has 5 nitrogen and oxygen atoms in total. The van der Waals surface area contributed by atoms with Crippen LogP contribution in [0.2, 0.25) is 0 Å². The Labute approximate surface area is 166 Å². The molecule has 0 bridgehead atoms. The molecule has 1 aromatic rings. The largest absolute Gasteiger partial charge is 0.377 e. The zero-order chi connectivity index (χ0) is 18.4. The minimum Gasteiger partial charge on any atom is -0.377 e. The number of rotatable bonds is 4. The first kappa shape index (κ1) is 17.9. The van der Waals surface area contributed by atoms with Gasteiger partial charge in [0.05, 0.1) is 18.3 Å². The van der Waals surface area contributed by atoms with E-state index in [4.69, 9.17) is 14.7 Å². The molecule has 1 aromatic heterocycles. The topological polar surface area (TPSA) is 49.8 Å². The summed E-state index contributed by atoms with van der Waals surface area (Å²) in [5.41, 5.74) is 1.74. The number of nitrogens with one attached hydrogen (secondary N) is 1. The first-order valence-electron chi connectivity index (χ1n) is 10.8. The van der Waals surface area contributed by atoms with Crippen LogP contribution in [-0.2, 0) is 24.1 Å². The second-order valence-electron chi connectivity index (χ2n) is 8.79. The van der Waals surface area contributed by atoms with Gasteiger partial charge in [0.2, 0.25) is 0 Å². The van der Waals surface area contributed by atoms with Crippen LogP contribution in [0.3, 0.4) is 0 Å². The van der Waals surface area contributed by atoms with Gasteiger partial charge in [0, 0.05) is 42.5 Å². The molecule has 1 saturated heterocycles. The van der Waals surface area contributed by atoms with Gasteiger partial charge in [-0.2, -0.15) is 0 Å². The third-order valence-electron chi connectivity index (χ3n) is 7.25. The number of ether oxygens (including phenoxy) is 1. The van der Waals surface area contributed by atoms with E-state index in [-0.39, 0.29) is 0 Å². The molecule has 5 rings (SSSR count). The molecule has 3 unspecified atom stereocenters. The summed E-state index contributed by atoms with van der Waals surface area (Å²) < 4.78 is 6.08. The van der Waals surface area contributed by atoms with Crippen molar-refractivity contribution in [1.29, 1.82) is 0 Å². The highest BCUT2D eigenvalue weighted by Gasteiger charge is 2.66. The Morgan fingerprint density at radius 2 is 2.19 bits per heavy atom. The molecule has 4 aliphatic rings. The molecule has 1 spiro atoms. The van der Waals surface area contributed by atoms with E-state index in [2.05, 4.69) is 24.2 Å². The maximum atomic E-state index is 6.08. The molecular formula is C21H32N4OS. The summed E-state index contributed by atoms with van der Waals surface area (Å²) >= 11 is 1.91. The van der Waals surface area contributed by atoms with Crippen molar-refractivity contribution in [2.75, 3.05) is 20.2 Å². The van der Waals surface area contributed by atoms with E-state index in [1.807, 2.05) is 11.3 Å². The molecule has 2 heterocycles. The number of hydrogen-bond acceptors (Lipinski definition) is 4. The third-order valence-corrected chi connectivity index (χ3v) is 8.39. The quantitative estimate of drug-likeness (QED) is 0.635. The second kappa shape index (κ2) is 7.03. The number of fused-ring (bicyclic) bond motifs is 3. The number of aryl methyl sites for hydroxylation is 2. The van der Waals surface area contributed by atoms with Crippen LogP contribution < -0.4 is 5.32 Å². The van der Waals surface area contributed by atoms with Gasteiger partial charge in [-0.25, -0.2) is 4.98 Å². The van der Waals surface area contributed by atoms with Gasteiger partial charge in [0.15, 0.2) is 5.96 Å². The SMILES string of the molecule is CCN=C(NC1C2CCOC2C12CCC2)N(C)Cc1nc2c(s1)CCCC2. The predicted molar refractivity (Wildman–Crippen MR) is 109 cm³/mol. The predicted octanol–water partition coefficient (Wildman–Crippen LogP) is 3.38. The summed E-state index contributed by atoms with van der Waals surface area (Å²) in [6, 6.07) is 0.538. The van der Waals surface area contributed by atoms with Gasteiger partial charge in [0.1, 0.15) is 5.01 Å². The summed E-state index contributed by atoms with van der Waals surface area (Å²) in [7, 11) is 2.16. The fraction of sp³-hybridized carbons (Fsp3) is 0.810. The standard InChI is InChI=1S/C21H32N4OS/c1-3-22-20(24-18-14-9-12-26-19(14)21(18)10-6-11-21)25(2)13-17-23-15-7-4-5-8-16(15)27-17/h14,18-19H,3-13H2,1-2H3,(H,22,24). The normalized spacial score (nSPS) is 31.0. The highest BCUT2D eigenvalue weighted by molar-refractivity contribution is 7.11. The minimum atomic E-state index is 0.386. The lowest BCUT2D eigenvalue weighted by atomic mass is 9.46. The highest BCUT2D eigenvalue weighted by atomic mass is 32.1. The fourth-order valence-electron chi connectivity index (χ4n) is 5.77. The summed E-state index contributed by atoms with van der Waals surface area (Å²) in [5, 5.41) is 5.11. The number of aromatic nitrogens is 1. The van der Waals surface area contributed by atoms with Crippen LogP contribution in [-0.4, -0.2) is 48.2 Å². The fourth-order valence-corrected chi connectivity index (χ4v) is 6.98. The molecule has 148 valence electrons. The van der Waals surface area contributed by atoms with Crippen LogP contribution in [0.25, 0.3) is 0 Å². The lowest BCUT2D eigenvalue weighted by Crippen LogP contribution is -2.72. The number of nitrogens with zero attached hydrogens (tertiary/aromatic N) is 3. The van der Waals surface area contributed by atoms with Gasteiger partial charge in [-0.15, -0.1) is 11.3 Å². The van der Waals surface area contributed by atoms with E-state index < -0.39 is 0 Å². The summed E-state index contributed by atoms with van der Waals surface area (Å²) in [6.07, 6.45) is 10.7. The van der Waals surface area contributed by atoms with Crippen LogP contribution >= 0.6 is 11.3 Å². The van der Waals surface area contributed by atoms with Crippen molar-refractivity contribution >= 4 is 17.3 Å². The van der Waals surface area contributed by atoms with E-state index in [0.717, 1.165) is 32.1 Å². The lowest BCUT2D eigenvalue weighted by Gasteiger charge is -2.63. The van der Waals surface area contributed by atoms with E-state index in [1.165, 1.54) is 60.5 Å². The molecule has 1 N–H and O–H groups in total. The van der Waals surface area contributed by atoms with Crippen molar-refractivity contribution in [3.05, 3.63) is 15.6 Å². The first-order chi connectivity index (χ1) is 13.2. The first-order valence-corrected chi connectivity index (χ1v) is 11.6. The van der Waals surface area contributed by atoms with Crippen molar-refractivity contribution in [3.63, 3.8) is 0 Å². The van der Waals surface area contributed by atoms with E-state index >= 15 is 0 Å². The Balaban J connectivity index is 1.29. The molecule has 6 heteroatoms. The van der Waals surface area contributed by atoms with Crippen LogP contribution in [0.15, 0.2) is 4.99 Å². The van der Waals surface area contributed by atoms with Gasteiger partial charge in [-0.05, 0) is 51.9 Å². The maximum Gasteiger partial charge on any atom is 0.194 e. The Hall–Kier alpha value is -1.14. The minimum absolute atomic E-state index is 0.386. The van der Waals surface area contributed by atoms with Gasteiger partial charge in [-0.1, -0.05) is 6.42 Å². The molecule has 0 aromatic carbocycles. The molecule has 0 amide bonds. The zero-order valence-corrected chi connectivity index (χ0v) is 17.5. The smallest absolute Gasteiger partial charge is 0.194 e. The highest BCUT2D eigenvalue weighted by Crippen LogP contribution is 2.62. The number of thiazole rings is 1.